The fourth-order valence-corrected chi connectivity index (χ4v) is 10.7. The molecule has 42 heavy (non-hydrogen) atoms. The maximum absolute atomic E-state index is 5.31. The number of fused-ring (bicyclic) bond motifs is 10. The Hall–Kier alpha value is -1.46. The van der Waals surface area contributed by atoms with Crippen LogP contribution in [0.15, 0.2) is 48.5 Å². The summed E-state index contributed by atoms with van der Waals surface area (Å²) in [5.41, 5.74) is 2.69. The Morgan fingerprint density at radius 3 is 1.43 bits per heavy atom. The van der Waals surface area contributed by atoms with E-state index in [1.54, 1.807) is 14.2 Å². The minimum Gasteiger partial charge on any atom is -0.497 e. The SMILES string of the molecule is COc1cccc(CN[C@@H]2C[C@@H]3C[C@H]2[C@@H]2CCC[C@H]32)c1.COc1cccc(CN[C@H]2C[C@H]3C[C@@H]2[C@H]2CCC[C@@H]32)c1.Cl.Cl. The molecule has 0 amide bonds. The first-order valence-corrected chi connectivity index (χ1v) is 16.4. The van der Waals surface area contributed by atoms with Gasteiger partial charge < -0.3 is 20.1 Å². The molecule has 6 heteroatoms. The normalized spacial score (nSPS) is 36.3. The van der Waals surface area contributed by atoms with Crippen molar-refractivity contribution in [3.05, 3.63) is 59.7 Å². The van der Waals surface area contributed by atoms with Crippen LogP contribution >= 0.6 is 24.8 Å². The highest BCUT2D eigenvalue weighted by molar-refractivity contribution is 5.85. The van der Waals surface area contributed by atoms with Gasteiger partial charge in [-0.15, -0.1) is 24.8 Å². The predicted octanol–water partition coefficient (Wildman–Crippen LogP) is 8.06. The van der Waals surface area contributed by atoms with E-state index in [9.17, 15) is 0 Å². The van der Waals surface area contributed by atoms with Crippen LogP contribution in [-0.4, -0.2) is 26.3 Å². The summed E-state index contributed by atoms with van der Waals surface area (Å²) < 4.78 is 10.6. The van der Waals surface area contributed by atoms with Crippen molar-refractivity contribution in [1.29, 1.82) is 0 Å². The van der Waals surface area contributed by atoms with Crippen molar-refractivity contribution in [2.75, 3.05) is 14.2 Å². The molecule has 0 aromatic heterocycles. The topological polar surface area (TPSA) is 42.5 Å². The van der Waals surface area contributed by atoms with Crippen LogP contribution in [-0.2, 0) is 13.1 Å². The second-order valence-corrected chi connectivity index (χ2v) is 14.0. The number of ether oxygens (including phenoxy) is 2. The molecule has 6 aliphatic carbocycles. The molecule has 0 saturated heterocycles. The lowest BCUT2D eigenvalue weighted by atomic mass is 9.79. The highest BCUT2D eigenvalue weighted by Gasteiger charge is 2.54. The largest absolute Gasteiger partial charge is 0.497 e. The summed E-state index contributed by atoms with van der Waals surface area (Å²) in [4.78, 5) is 0. The average Bonchev–Trinajstić information content (AvgIpc) is 3.83. The molecule has 10 atom stereocenters. The van der Waals surface area contributed by atoms with Crippen LogP contribution < -0.4 is 20.1 Å². The third-order valence-electron chi connectivity index (χ3n) is 12.3. The van der Waals surface area contributed by atoms with Crippen molar-refractivity contribution in [2.45, 2.75) is 89.4 Å². The van der Waals surface area contributed by atoms with Gasteiger partial charge in [0, 0.05) is 25.2 Å². The van der Waals surface area contributed by atoms with Crippen LogP contribution in [0.5, 0.6) is 11.5 Å². The molecule has 0 unspecified atom stereocenters. The minimum absolute atomic E-state index is 0. The maximum atomic E-state index is 5.31. The summed E-state index contributed by atoms with van der Waals surface area (Å²) >= 11 is 0. The second kappa shape index (κ2) is 14.1. The quantitative estimate of drug-likeness (QED) is 0.315. The summed E-state index contributed by atoms with van der Waals surface area (Å²) in [5, 5.41) is 7.68. The van der Waals surface area contributed by atoms with Gasteiger partial charge in [0.2, 0.25) is 0 Å². The summed E-state index contributed by atoms with van der Waals surface area (Å²) in [7, 11) is 3.48. The number of methoxy groups -OCH3 is 2. The lowest BCUT2D eigenvalue weighted by Crippen LogP contribution is -2.38. The predicted molar refractivity (Wildman–Crippen MR) is 176 cm³/mol. The van der Waals surface area contributed by atoms with E-state index in [0.29, 0.717) is 0 Å². The minimum atomic E-state index is 0. The fourth-order valence-electron chi connectivity index (χ4n) is 10.7. The van der Waals surface area contributed by atoms with Crippen LogP contribution in [0.2, 0.25) is 0 Å². The Labute approximate surface area is 266 Å². The van der Waals surface area contributed by atoms with E-state index in [0.717, 1.165) is 84.0 Å². The van der Waals surface area contributed by atoms with E-state index in [4.69, 9.17) is 9.47 Å². The zero-order valence-electron chi connectivity index (χ0n) is 25.5. The number of benzene rings is 2. The molecule has 4 bridgehead atoms. The van der Waals surface area contributed by atoms with Gasteiger partial charge in [0.1, 0.15) is 11.5 Å². The molecular weight excluding hydrogens is 563 g/mol. The highest BCUT2D eigenvalue weighted by Crippen LogP contribution is 2.59. The molecule has 0 aliphatic heterocycles. The van der Waals surface area contributed by atoms with Gasteiger partial charge >= 0.3 is 0 Å². The molecular formula is C36H52Cl2N2O2. The smallest absolute Gasteiger partial charge is 0.119 e. The zero-order valence-corrected chi connectivity index (χ0v) is 27.1. The van der Waals surface area contributed by atoms with E-state index in [1.165, 1.54) is 75.3 Å². The van der Waals surface area contributed by atoms with E-state index < -0.39 is 0 Å². The summed E-state index contributed by atoms with van der Waals surface area (Å²) in [6.07, 6.45) is 14.9. The Morgan fingerprint density at radius 2 is 1.00 bits per heavy atom. The summed E-state index contributed by atoms with van der Waals surface area (Å²) in [5.74, 6) is 10.2. The number of halogens is 2. The first kappa shape index (κ1) is 31.9. The van der Waals surface area contributed by atoms with Crippen molar-refractivity contribution in [2.24, 2.45) is 47.3 Å². The van der Waals surface area contributed by atoms with Gasteiger partial charge in [0.15, 0.2) is 0 Å². The van der Waals surface area contributed by atoms with E-state index in [-0.39, 0.29) is 24.8 Å². The van der Waals surface area contributed by atoms with Gasteiger partial charge in [0.05, 0.1) is 14.2 Å². The van der Waals surface area contributed by atoms with E-state index >= 15 is 0 Å². The first-order chi connectivity index (χ1) is 19.7. The van der Waals surface area contributed by atoms with Crippen molar-refractivity contribution in [3.63, 3.8) is 0 Å². The van der Waals surface area contributed by atoms with Gasteiger partial charge in [-0.2, -0.15) is 0 Å². The van der Waals surface area contributed by atoms with Crippen LogP contribution in [0, 0.1) is 47.3 Å². The van der Waals surface area contributed by atoms with Gasteiger partial charge in [-0.1, -0.05) is 37.1 Å². The molecule has 0 heterocycles. The van der Waals surface area contributed by atoms with Gasteiger partial charge in [-0.05, 0) is 134 Å². The Kier molecular flexibility index (Phi) is 10.7. The first-order valence-electron chi connectivity index (χ1n) is 16.4. The molecule has 6 fully saturated rings. The van der Waals surface area contributed by atoms with Crippen LogP contribution in [0.25, 0.3) is 0 Å². The molecule has 0 radical (unpaired) electrons. The molecule has 2 aromatic carbocycles. The molecule has 6 saturated carbocycles. The lowest BCUT2D eigenvalue weighted by molar-refractivity contribution is 0.208. The third-order valence-corrected chi connectivity index (χ3v) is 12.3. The molecule has 8 rings (SSSR count). The highest BCUT2D eigenvalue weighted by atomic mass is 35.5. The number of nitrogens with one attached hydrogen (secondary N) is 2. The maximum Gasteiger partial charge on any atom is 0.119 e. The molecule has 6 aliphatic rings. The zero-order chi connectivity index (χ0) is 27.1. The van der Waals surface area contributed by atoms with Crippen LogP contribution in [0.1, 0.15) is 75.3 Å². The number of rotatable bonds is 8. The van der Waals surface area contributed by atoms with Crippen molar-refractivity contribution < 1.29 is 9.47 Å². The van der Waals surface area contributed by atoms with Crippen molar-refractivity contribution in [3.8, 4) is 11.5 Å². The molecule has 2 aromatic rings. The Morgan fingerprint density at radius 1 is 0.571 bits per heavy atom. The number of hydrogen-bond acceptors (Lipinski definition) is 4. The fraction of sp³-hybridized carbons (Fsp3) is 0.667. The second-order valence-electron chi connectivity index (χ2n) is 14.0. The van der Waals surface area contributed by atoms with E-state index in [1.807, 2.05) is 12.1 Å². The van der Waals surface area contributed by atoms with Crippen molar-refractivity contribution >= 4 is 24.8 Å². The molecule has 2 N–H and O–H groups in total. The Bertz CT molecular complexity index is 1070. The van der Waals surface area contributed by atoms with Gasteiger partial charge in [-0.3, -0.25) is 0 Å². The monoisotopic (exact) mass is 614 g/mol. The molecule has 0 spiro atoms. The van der Waals surface area contributed by atoms with Crippen LogP contribution in [0.4, 0.5) is 0 Å². The summed E-state index contributed by atoms with van der Waals surface area (Å²) in [6, 6.07) is 18.4. The molecule has 232 valence electrons. The number of hydrogen-bond donors (Lipinski definition) is 2. The lowest BCUT2D eigenvalue weighted by Gasteiger charge is -2.32. The molecule has 4 nitrogen and oxygen atoms in total. The standard InChI is InChI=1S/2C18H25NO.2ClH/c2*1-20-14-5-2-4-12(8-14)11-19-18-10-13-9-17(18)16-7-3-6-15(13)16;;/h2*2,4-5,8,13,15-19H,3,6-7,9-11H2,1H3;2*1H/t2*13-,15+,16+,17-,18+;;/m10../s1. The third kappa shape index (κ3) is 6.34. The van der Waals surface area contributed by atoms with Gasteiger partial charge in [0.25, 0.3) is 0 Å². The summed E-state index contributed by atoms with van der Waals surface area (Å²) in [6.45, 7) is 1.98. The average molecular weight is 616 g/mol. The van der Waals surface area contributed by atoms with Crippen molar-refractivity contribution in [1.82, 2.24) is 10.6 Å². The van der Waals surface area contributed by atoms with Crippen LogP contribution in [0.3, 0.4) is 0 Å². The van der Waals surface area contributed by atoms with E-state index in [2.05, 4.69) is 47.0 Å². The Balaban J connectivity index is 0.000000160. The van der Waals surface area contributed by atoms with Gasteiger partial charge in [-0.25, -0.2) is 0 Å².